The second kappa shape index (κ2) is 5.62. The summed E-state index contributed by atoms with van der Waals surface area (Å²) in [6.45, 7) is 1.76. The zero-order valence-corrected chi connectivity index (χ0v) is 17.1. The second-order valence-corrected chi connectivity index (χ2v) is 8.94. The lowest BCUT2D eigenvalue weighted by Gasteiger charge is -2.48. The van der Waals surface area contributed by atoms with Gasteiger partial charge in [-0.2, -0.15) is 0 Å². The van der Waals surface area contributed by atoms with Crippen LogP contribution in [-0.4, -0.2) is 43.6 Å². The number of aromatic nitrogens is 2. The van der Waals surface area contributed by atoms with Gasteiger partial charge in [0, 0.05) is 12.0 Å². The molecule has 5 aliphatic heterocycles. The topological polar surface area (TPSA) is 108 Å². The number of hydrogen-bond acceptors (Lipinski definition) is 6. The Morgan fingerprint density at radius 2 is 1.84 bits per heavy atom. The third-order valence-corrected chi connectivity index (χ3v) is 7.40. The molecule has 0 spiro atoms. The number of hydrogen-bond donors (Lipinski definition) is 2. The monoisotopic (exact) mass is 429 g/mol. The molecule has 6 heterocycles. The Hall–Kier alpha value is -3.56. The summed E-state index contributed by atoms with van der Waals surface area (Å²) in [5.41, 5.74) is -0.0647. The Kier molecular flexibility index (Phi) is 3.17. The molecule has 2 bridgehead atoms. The van der Waals surface area contributed by atoms with E-state index in [-0.39, 0.29) is 23.8 Å². The highest BCUT2D eigenvalue weighted by molar-refractivity contribution is 6.03. The summed E-state index contributed by atoms with van der Waals surface area (Å²) in [6.07, 6.45) is -1.58. The average Bonchev–Trinajstić information content (AvgIpc) is 3.19. The van der Waals surface area contributed by atoms with E-state index >= 15 is 0 Å². The van der Waals surface area contributed by atoms with Crippen molar-refractivity contribution < 1.29 is 14.7 Å². The van der Waals surface area contributed by atoms with Gasteiger partial charge in [-0.25, -0.2) is 9.88 Å². The van der Waals surface area contributed by atoms with Crippen LogP contribution in [0.4, 0.5) is 5.69 Å². The van der Waals surface area contributed by atoms with Crippen LogP contribution in [0, 0.1) is 0 Å². The van der Waals surface area contributed by atoms with Crippen molar-refractivity contribution in [1.82, 2.24) is 19.8 Å². The summed E-state index contributed by atoms with van der Waals surface area (Å²) in [6, 6.07) is 12.7. The van der Waals surface area contributed by atoms with E-state index in [2.05, 4.69) is 5.32 Å². The van der Waals surface area contributed by atoms with Crippen LogP contribution in [0.15, 0.2) is 53.3 Å². The van der Waals surface area contributed by atoms with Gasteiger partial charge < -0.3 is 10.4 Å². The van der Waals surface area contributed by atoms with E-state index in [9.17, 15) is 19.5 Å². The third kappa shape index (κ3) is 1.88. The lowest BCUT2D eigenvalue weighted by molar-refractivity contribution is -0.144. The number of nitrogens with one attached hydrogen (secondary N) is 1. The Labute approximate surface area is 181 Å². The molecule has 8 rings (SSSR count). The Bertz CT molecular complexity index is 1430. The summed E-state index contributed by atoms with van der Waals surface area (Å²) in [4.78, 5) is 48.3. The highest BCUT2D eigenvalue weighted by atomic mass is 16.3. The van der Waals surface area contributed by atoms with Crippen molar-refractivity contribution in [1.29, 1.82) is 0 Å². The first-order chi connectivity index (χ1) is 15.4. The van der Waals surface area contributed by atoms with Crippen molar-refractivity contribution in [3.63, 3.8) is 0 Å². The SMILES string of the molecule is C[C@H]1C(=O)N2c3ccccc3[C@@]3(O)C[C@H]4C(=O)N[C@@H](c5nc6ccccc6c(=O)n54)N1[C@@H]23. The van der Waals surface area contributed by atoms with Gasteiger partial charge in [0.1, 0.15) is 24.0 Å². The van der Waals surface area contributed by atoms with Gasteiger partial charge in [-0.05, 0) is 25.1 Å². The van der Waals surface area contributed by atoms with E-state index < -0.39 is 30.0 Å². The zero-order chi connectivity index (χ0) is 21.9. The predicted octanol–water partition coefficient (Wildman–Crippen LogP) is 0.734. The van der Waals surface area contributed by atoms with Gasteiger partial charge in [-0.1, -0.05) is 30.3 Å². The summed E-state index contributed by atoms with van der Waals surface area (Å²) >= 11 is 0. The molecule has 5 atom stereocenters. The molecule has 2 aromatic carbocycles. The number of fused-ring (bicyclic) bond motifs is 4. The summed E-state index contributed by atoms with van der Waals surface area (Å²) in [7, 11) is 0. The Morgan fingerprint density at radius 3 is 2.69 bits per heavy atom. The second-order valence-electron chi connectivity index (χ2n) is 8.94. The third-order valence-electron chi connectivity index (χ3n) is 7.40. The largest absolute Gasteiger partial charge is 0.381 e. The maximum atomic E-state index is 13.5. The molecule has 0 radical (unpaired) electrons. The summed E-state index contributed by atoms with van der Waals surface area (Å²) in [5.74, 6) is -0.137. The van der Waals surface area contributed by atoms with Crippen molar-refractivity contribution in [3.05, 3.63) is 70.3 Å². The fourth-order valence-electron chi connectivity index (χ4n) is 6.03. The Balaban J connectivity index is 1.58. The molecule has 2 saturated heterocycles. The number of anilines is 1. The lowest BCUT2D eigenvalue weighted by Crippen LogP contribution is -2.63. The number of aliphatic hydroxyl groups is 1. The summed E-state index contributed by atoms with van der Waals surface area (Å²) in [5, 5.41) is 15.5. The minimum absolute atomic E-state index is 0.0485. The first kappa shape index (κ1) is 18.1. The normalized spacial score (nSPS) is 32.4. The zero-order valence-electron chi connectivity index (χ0n) is 17.1. The van der Waals surface area contributed by atoms with Crippen molar-refractivity contribution in [2.24, 2.45) is 0 Å². The molecule has 32 heavy (non-hydrogen) atoms. The first-order valence-electron chi connectivity index (χ1n) is 10.7. The van der Waals surface area contributed by atoms with Crippen molar-refractivity contribution in [2.45, 2.75) is 43.4 Å². The van der Waals surface area contributed by atoms with Gasteiger partial charge >= 0.3 is 0 Å². The fourth-order valence-corrected chi connectivity index (χ4v) is 6.03. The van der Waals surface area contributed by atoms with Gasteiger partial charge in [0.25, 0.3) is 5.56 Å². The van der Waals surface area contributed by atoms with Gasteiger partial charge in [0.15, 0.2) is 5.82 Å². The molecule has 1 aromatic heterocycles. The molecule has 5 aliphatic rings. The van der Waals surface area contributed by atoms with Crippen molar-refractivity contribution >= 4 is 28.4 Å². The van der Waals surface area contributed by atoms with Crippen molar-refractivity contribution in [3.8, 4) is 0 Å². The minimum atomic E-state index is -1.51. The van der Waals surface area contributed by atoms with E-state index in [1.807, 2.05) is 24.3 Å². The number of benzene rings is 2. The average molecular weight is 429 g/mol. The standard InChI is InChI=1S/C23H19N5O4/c1-11-20(30)28-15-9-5-3-7-13(15)23(32)10-16-19(29)25-18(26(11)22(23)28)17-24-14-8-4-2-6-12(14)21(31)27(16)17/h2-9,11,16,18,22,32H,10H2,1H3,(H,25,29)/t11-,16-,18+,22-,23-/m0/s1. The molecular weight excluding hydrogens is 410 g/mol. The molecule has 0 aliphatic carbocycles. The maximum Gasteiger partial charge on any atom is 0.262 e. The van der Waals surface area contributed by atoms with Crippen LogP contribution in [0.1, 0.15) is 36.9 Å². The van der Waals surface area contributed by atoms with E-state index in [1.54, 1.807) is 41.0 Å². The lowest BCUT2D eigenvalue weighted by atomic mass is 9.83. The fraction of sp³-hybridized carbons (Fsp3) is 0.304. The molecule has 9 heteroatoms. The molecule has 0 unspecified atom stereocenters. The number of amides is 2. The van der Waals surface area contributed by atoms with E-state index in [0.717, 1.165) is 0 Å². The van der Waals surface area contributed by atoms with E-state index in [0.29, 0.717) is 28.0 Å². The molecule has 2 N–H and O–H groups in total. The van der Waals surface area contributed by atoms with Gasteiger partial charge in [0.05, 0.1) is 22.6 Å². The molecule has 2 amide bonds. The highest BCUT2D eigenvalue weighted by Gasteiger charge is 2.66. The number of para-hydroxylation sites is 2. The van der Waals surface area contributed by atoms with Gasteiger partial charge in [-0.15, -0.1) is 0 Å². The molecular formula is C23H19N5O4. The smallest absolute Gasteiger partial charge is 0.262 e. The van der Waals surface area contributed by atoms with Crippen LogP contribution in [-0.2, 0) is 15.2 Å². The van der Waals surface area contributed by atoms with Crippen LogP contribution in [0.2, 0.25) is 0 Å². The number of nitrogens with zero attached hydrogens (tertiary/aromatic N) is 4. The molecule has 9 nitrogen and oxygen atoms in total. The number of rotatable bonds is 0. The van der Waals surface area contributed by atoms with E-state index in [4.69, 9.17) is 4.98 Å². The molecule has 3 aromatic rings. The maximum absolute atomic E-state index is 13.5. The highest BCUT2D eigenvalue weighted by Crippen LogP contribution is 2.55. The number of carbonyl (C=O) groups is 2. The van der Waals surface area contributed by atoms with E-state index in [1.165, 1.54) is 4.57 Å². The quantitative estimate of drug-likeness (QED) is 0.546. The van der Waals surface area contributed by atoms with Gasteiger partial charge in [0.2, 0.25) is 11.8 Å². The molecule has 0 saturated carbocycles. The van der Waals surface area contributed by atoms with Crippen LogP contribution >= 0.6 is 0 Å². The molecule has 160 valence electrons. The van der Waals surface area contributed by atoms with Crippen LogP contribution in [0.25, 0.3) is 10.9 Å². The van der Waals surface area contributed by atoms with Crippen molar-refractivity contribution in [2.75, 3.05) is 4.90 Å². The minimum Gasteiger partial charge on any atom is -0.381 e. The summed E-state index contributed by atoms with van der Waals surface area (Å²) < 4.78 is 1.42. The molecule has 2 fully saturated rings. The Morgan fingerprint density at radius 1 is 1.09 bits per heavy atom. The van der Waals surface area contributed by atoms with Crippen LogP contribution < -0.4 is 15.8 Å². The van der Waals surface area contributed by atoms with Gasteiger partial charge in [-0.3, -0.25) is 23.9 Å². The number of carbonyl (C=O) groups excluding carboxylic acids is 2. The first-order valence-corrected chi connectivity index (χ1v) is 10.7. The van der Waals surface area contributed by atoms with Crippen LogP contribution in [0.5, 0.6) is 0 Å². The van der Waals surface area contributed by atoms with Crippen LogP contribution in [0.3, 0.4) is 0 Å². The predicted molar refractivity (Wildman–Crippen MR) is 113 cm³/mol.